The van der Waals surface area contributed by atoms with Gasteiger partial charge < -0.3 is 28.8 Å². The summed E-state index contributed by atoms with van der Waals surface area (Å²) in [4.78, 5) is 13.8. The first kappa shape index (κ1) is 22.8. The van der Waals surface area contributed by atoms with E-state index < -0.39 is 0 Å². The van der Waals surface area contributed by atoms with Gasteiger partial charge in [0, 0.05) is 23.3 Å². The first-order valence-electron chi connectivity index (χ1n) is 11.4. The van der Waals surface area contributed by atoms with Crippen LogP contribution in [0.2, 0.25) is 0 Å². The number of ketones is 1. The molecule has 1 aliphatic carbocycles. The molecule has 2 atom stereocenters. The van der Waals surface area contributed by atoms with Crippen LogP contribution < -0.4 is 24.3 Å². The number of rotatable bonds is 6. The SMILES string of the molecule is COc1ccc(OC)c(C2C3=C(CC(c4ccc(OC)c(OC)c4)CC3=O)Nc3onc(C)c32)c1. The van der Waals surface area contributed by atoms with E-state index in [9.17, 15) is 4.79 Å². The zero-order valence-electron chi connectivity index (χ0n) is 20.4. The van der Waals surface area contributed by atoms with E-state index in [1.807, 2.05) is 43.3 Å². The monoisotopic (exact) mass is 476 g/mol. The Labute approximate surface area is 203 Å². The van der Waals surface area contributed by atoms with Gasteiger partial charge in [0.15, 0.2) is 17.3 Å². The number of aromatic nitrogens is 1. The number of fused-ring (bicyclic) bond motifs is 1. The predicted molar refractivity (Wildman–Crippen MR) is 130 cm³/mol. The highest BCUT2D eigenvalue weighted by Gasteiger charge is 2.42. The Kier molecular flexibility index (Phi) is 5.88. The summed E-state index contributed by atoms with van der Waals surface area (Å²) in [6.07, 6.45) is 1.01. The molecule has 1 aliphatic heterocycles. The average molecular weight is 477 g/mol. The number of hydrogen-bond acceptors (Lipinski definition) is 8. The first-order valence-corrected chi connectivity index (χ1v) is 11.4. The summed E-state index contributed by atoms with van der Waals surface area (Å²) in [5, 5.41) is 7.56. The Hall–Kier alpha value is -3.94. The molecule has 8 heteroatoms. The molecule has 8 nitrogen and oxygen atoms in total. The number of Topliss-reactive ketones (excluding diaryl/α,β-unsaturated/α-hetero) is 1. The fourth-order valence-corrected chi connectivity index (χ4v) is 5.19. The highest BCUT2D eigenvalue weighted by Crippen LogP contribution is 2.51. The number of anilines is 1. The fourth-order valence-electron chi connectivity index (χ4n) is 5.19. The van der Waals surface area contributed by atoms with Crippen molar-refractivity contribution in [3.63, 3.8) is 0 Å². The van der Waals surface area contributed by atoms with Gasteiger partial charge in [0.25, 0.3) is 0 Å². The molecule has 2 aromatic carbocycles. The Balaban J connectivity index is 1.62. The zero-order chi connectivity index (χ0) is 24.7. The van der Waals surface area contributed by atoms with Gasteiger partial charge in [-0.05, 0) is 55.2 Å². The maximum atomic E-state index is 13.8. The lowest BCUT2D eigenvalue weighted by molar-refractivity contribution is -0.116. The number of aryl methyl sites for hydroxylation is 1. The van der Waals surface area contributed by atoms with Gasteiger partial charge in [-0.15, -0.1) is 0 Å². The Bertz CT molecular complexity index is 1330. The van der Waals surface area contributed by atoms with Gasteiger partial charge in [0.2, 0.25) is 5.88 Å². The quantitative estimate of drug-likeness (QED) is 0.533. The second-order valence-corrected chi connectivity index (χ2v) is 8.71. The van der Waals surface area contributed by atoms with Crippen molar-refractivity contribution in [3.05, 3.63) is 70.1 Å². The van der Waals surface area contributed by atoms with Crippen molar-refractivity contribution in [2.75, 3.05) is 33.8 Å². The van der Waals surface area contributed by atoms with Crippen LogP contribution in [0, 0.1) is 6.92 Å². The van der Waals surface area contributed by atoms with Crippen LogP contribution in [0.25, 0.3) is 0 Å². The lowest BCUT2D eigenvalue weighted by Gasteiger charge is -2.35. The summed E-state index contributed by atoms with van der Waals surface area (Å²) in [6.45, 7) is 1.88. The second-order valence-electron chi connectivity index (χ2n) is 8.71. The lowest BCUT2D eigenvalue weighted by atomic mass is 9.72. The van der Waals surface area contributed by atoms with E-state index in [4.69, 9.17) is 23.5 Å². The minimum absolute atomic E-state index is 0.0213. The van der Waals surface area contributed by atoms with Crippen LogP contribution in [0.15, 0.2) is 52.2 Å². The van der Waals surface area contributed by atoms with Crippen LogP contribution in [0.4, 0.5) is 5.88 Å². The van der Waals surface area contributed by atoms with Gasteiger partial charge in [0.05, 0.1) is 45.6 Å². The van der Waals surface area contributed by atoms with Crippen molar-refractivity contribution in [1.82, 2.24) is 5.16 Å². The van der Waals surface area contributed by atoms with Crippen molar-refractivity contribution >= 4 is 11.7 Å². The number of benzene rings is 2. The second kappa shape index (κ2) is 9.02. The number of carbonyl (C=O) groups excluding carboxylic acids is 1. The van der Waals surface area contributed by atoms with Gasteiger partial charge in [0.1, 0.15) is 11.5 Å². The Morgan fingerprint density at radius 1 is 0.914 bits per heavy atom. The van der Waals surface area contributed by atoms with Crippen LogP contribution in [0.3, 0.4) is 0 Å². The number of methoxy groups -OCH3 is 4. The summed E-state index contributed by atoms with van der Waals surface area (Å²) in [6, 6.07) is 11.4. The topological polar surface area (TPSA) is 92.0 Å². The number of ether oxygens (including phenoxy) is 4. The molecular formula is C27H28N2O6. The summed E-state index contributed by atoms with van der Waals surface area (Å²) in [5.74, 6) is 2.87. The van der Waals surface area contributed by atoms with E-state index >= 15 is 0 Å². The van der Waals surface area contributed by atoms with Crippen LogP contribution in [-0.2, 0) is 4.79 Å². The van der Waals surface area contributed by atoms with Crippen LogP contribution in [0.1, 0.15) is 47.1 Å². The molecule has 35 heavy (non-hydrogen) atoms. The zero-order valence-corrected chi connectivity index (χ0v) is 20.4. The van der Waals surface area contributed by atoms with Crippen LogP contribution >= 0.6 is 0 Å². The van der Waals surface area contributed by atoms with E-state index in [0.29, 0.717) is 47.3 Å². The van der Waals surface area contributed by atoms with E-state index in [0.717, 1.165) is 28.1 Å². The molecular weight excluding hydrogens is 448 g/mol. The molecule has 5 rings (SSSR count). The molecule has 2 heterocycles. The molecule has 0 fully saturated rings. The molecule has 2 unspecified atom stereocenters. The number of allylic oxidation sites excluding steroid dienone is 2. The van der Waals surface area contributed by atoms with Gasteiger partial charge >= 0.3 is 0 Å². The van der Waals surface area contributed by atoms with E-state index in [1.54, 1.807) is 28.4 Å². The maximum Gasteiger partial charge on any atom is 0.233 e. The maximum absolute atomic E-state index is 13.8. The van der Waals surface area contributed by atoms with Crippen LogP contribution in [-0.4, -0.2) is 39.4 Å². The minimum Gasteiger partial charge on any atom is -0.497 e. The molecule has 0 amide bonds. The lowest BCUT2D eigenvalue weighted by Crippen LogP contribution is -2.29. The largest absolute Gasteiger partial charge is 0.497 e. The molecule has 0 saturated heterocycles. The van der Waals surface area contributed by atoms with Crippen molar-refractivity contribution < 1.29 is 28.3 Å². The van der Waals surface area contributed by atoms with Gasteiger partial charge in [-0.25, -0.2) is 0 Å². The summed E-state index contributed by atoms with van der Waals surface area (Å²) < 4.78 is 27.7. The van der Waals surface area contributed by atoms with E-state index in [-0.39, 0.29) is 17.6 Å². The normalized spacial score (nSPS) is 18.9. The summed E-state index contributed by atoms with van der Waals surface area (Å²) in [5.41, 5.74) is 4.97. The van der Waals surface area contributed by atoms with E-state index in [1.165, 1.54) is 0 Å². The Morgan fingerprint density at radius 3 is 2.37 bits per heavy atom. The number of carbonyl (C=O) groups is 1. The highest BCUT2D eigenvalue weighted by atomic mass is 16.5. The highest BCUT2D eigenvalue weighted by molar-refractivity contribution is 6.01. The smallest absolute Gasteiger partial charge is 0.233 e. The molecule has 0 saturated carbocycles. The number of nitrogens with zero attached hydrogens (tertiary/aromatic N) is 1. The molecule has 1 N–H and O–H groups in total. The minimum atomic E-state index is -0.378. The molecule has 0 bridgehead atoms. The first-order chi connectivity index (χ1) is 17.0. The van der Waals surface area contributed by atoms with Gasteiger partial charge in [-0.2, -0.15) is 0 Å². The molecule has 0 radical (unpaired) electrons. The third-order valence-electron chi connectivity index (χ3n) is 6.88. The standard InChI is InChI=1S/C27H28N2O6/c1-14-24-25(18-13-17(31-2)7-9-21(18)32-3)26-19(28-27(24)35-29-14)10-16(11-20(26)30)15-6-8-22(33-4)23(12-15)34-5/h6-9,12-13,16,25,28H,10-11H2,1-5H3. The summed E-state index contributed by atoms with van der Waals surface area (Å²) in [7, 11) is 6.46. The predicted octanol–water partition coefficient (Wildman–Crippen LogP) is 4.98. The van der Waals surface area contributed by atoms with Gasteiger partial charge in [-0.1, -0.05) is 11.2 Å². The third-order valence-corrected chi connectivity index (χ3v) is 6.88. The van der Waals surface area contributed by atoms with Crippen LogP contribution in [0.5, 0.6) is 23.0 Å². The van der Waals surface area contributed by atoms with Gasteiger partial charge in [-0.3, -0.25) is 4.79 Å². The summed E-state index contributed by atoms with van der Waals surface area (Å²) >= 11 is 0. The fraction of sp³-hybridized carbons (Fsp3) is 0.333. The molecule has 182 valence electrons. The third kappa shape index (κ3) is 3.79. The van der Waals surface area contributed by atoms with Crippen molar-refractivity contribution in [1.29, 1.82) is 0 Å². The average Bonchev–Trinajstić information content (AvgIpc) is 3.26. The van der Waals surface area contributed by atoms with E-state index in [2.05, 4.69) is 10.5 Å². The van der Waals surface area contributed by atoms with Crippen molar-refractivity contribution in [2.24, 2.45) is 0 Å². The Morgan fingerprint density at radius 2 is 1.66 bits per heavy atom. The molecule has 0 spiro atoms. The molecule has 1 aromatic heterocycles. The van der Waals surface area contributed by atoms with Crippen molar-refractivity contribution in [3.8, 4) is 23.0 Å². The number of nitrogens with one attached hydrogen (secondary N) is 1. The molecule has 3 aromatic rings. The number of hydrogen-bond donors (Lipinski definition) is 1. The van der Waals surface area contributed by atoms with Crippen molar-refractivity contribution in [2.45, 2.75) is 31.6 Å². The molecule has 2 aliphatic rings.